The van der Waals surface area contributed by atoms with Crippen molar-refractivity contribution in [1.82, 2.24) is 0 Å². The molecule has 0 aliphatic heterocycles. The van der Waals surface area contributed by atoms with Crippen molar-refractivity contribution in [2.75, 3.05) is 23.0 Å². The number of nitrogen functional groups attached to an aromatic ring is 1. The fourth-order valence-electron chi connectivity index (χ4n) is 1.41. The lowest BCUT2D eigenvalue weighted by molar-refractivity contribution is 0.595. The first-order valence-electron chi connectivity index (χ1n) is 5.33. The highest BCUT2D eigenvalue weighted by Crippen LogP contribution is 2.24. The van der Waals surface area contributed by atoms with Gasteiger partial charge in [-0.15, -0.1) is 0 Å². The fraction of sp³-hybridized carbons (Fsp3) is 0.455. The minimum absolute atomic E-state index is 0.159. The molecule has 0 saturated carbocycles. The van der Waals surface area contributed by atoms with E-state index in [0.717, 1.165) is 16.0 Å². The molecule has 0 heterocycles. The monoisotopic (exact) mass is 337 g/mol. The van der Waals surface area contributed by atoms with Crippen LogP contribution in [0.4, 0.5) is 5.69 Å². The summed E-state index contributed by atoms with van der Waals surface area (Å²) < 4.78 is 24.8. The van der Waals surface area contributed by atoms with E-state index in [1.54, 1.807) is 30.0 Å². The van der Waals surface area contributed by atoms with Crippen LogP contribution in [0.15, 0.2) is 27.6 Å². The normalized spacial score (nSPS) is 11.6. The van der Waals surface area contributed by atoms with E-state index in [1.165, 1.54) is 0 Å². The zero-order chi connectivity index (χ0) is 12.9. The van der Waals surface area contributed by atoms with E-state index >= 15 is 0 Å². The van der Waals surface area contributed by atoms with Gasteiger partial charge in [-0.25, -0.2) is 8.42 Å². The Kier molecular flexibility index (Phi) is 5.82. The van der Waals surface area contributed by atoms with Crippen molar-refractivity contribution in [2.24, 2.45) is 0 Å². The first kappa shape index (κ1) is 14.9. The quantitative estimate of drug-likeness (QED) is 0.640. The van der Waals surface area contributed by atoms with Crippen molar-refractivity contribution in [1.29, 1.82) is 0 Å². The third-order valence-electron chi connectivity index (χ3n) is 2.21. The topological polar surface area (TPSA) is 60.2 Å². The number of rotatable bonds is 6. The van der Waals surface area contributed by atoms with E-state index in [-0.39, 0.29) is 10.6 Å². The summed E-state index contributed by atoms with van der Waals surface area (Å²) in [4.78, 5) is 0.238. The van der Waals surface area contributed by atoms with Crippen LogP contribution in [0.3, 0.4) is 0 Å². The van der Waals surface area contributed by atoms with Crippen molar-refractivity contribution >= 4 is 43.2 Å². The zero-order valence-corrected chi connectivity index (χ0v) is 12.9. The van der Waals surface area contributed by atoms with Gasteiger partial charge in [0.25, 0.3) is 0 Å². The van der Waals surface area contributed by atoms with Gasteiger partial charge >= 0.3 is 0 Å². The van der Waals surface area contributed by atoms with Crippen molar-refractivity contribution in [3.63, 3.8) is 0 Å². The summed E-state index contributed by atoms with van der Waals surface area (Å²) in [6.07, 6.45) is 0.663. The van der Waals surface area contributed by atoms with Gasteiger partial charge in [0.05, 0.1) is 16.3 Å². The molecule has 0 aliphatic carbocycles. The lowest BCUT2D eigenvalue weighted by Gasteiger charge is -2.07. The summed E-state index contributed by atoms with van der Waals surface area (Å²) in [5, 5.41) is 0. The smallest absolute Gasteiger partial charge is 0.180 e. The maximum atomic E-state index is 12.0. The molecule has 0 amide bonds. The van der Waals surface area contributed by atoms with Gasteiger partial charge in [0.15, 0.2) is 9.84 Å². The number of benzene rings is 1. The lowest BCUT2D eigenvalue weighted by Crippen LogP contribution is -2.10. The molecule has 0 atom stereocenters. The lowest BCUT2D eigenvalue weighted by atomic mass is 10.3. The number of nitrogens with two attached hydrogens (primary N) is 1. The van der Waals surface area contributed by atoms with Gasteiger partial charge in [-0.2, -0.15) is 11.8 Å². The SMILES string of the molecule is CCSCCCS(=O)(=O)c1ccc(Br)cc1N. The zero-order valence-electron chi connectivity index (χ0n) is 9.65. The second-order valence-electron chi connectivity index (χ2n) is 3.55. The van der Waals surface area contributed by atoms with Gasteiger partial charge in [-0.3, -0.25) is 0 Å². The largest absolute Gasteiger partial charge is 0.398 e. The number of sulfone groups is 1. The van der Waals surface area contributed by atoms with E-state index in [9.17, 15) is 8.42 Å². The maximum absolute atomic E-state index is 12.0. The molecule has 17 heavy (non-hydrogen) atoms. The van der Waals surface area contributed by atoms with Gasteiger partial charge in [-0.1, -0.05) is 22.9 Å². The molecule has 6 heteroatoms. The molecule has 1 aromatic carbocycles. The Morgan fingerprint density at radius 3 is 2.71 bits per heavy atom. The van der Waals surface area contributed by atoms with Crippen molar-refractivity contribution in [3.05, 3.63) is 22.7 Å². The predicted octanol–water partition coefficient (Wildman–Crippen LogP) is 2.95. The van der Waals surface area contributed by atoms with E-state index in [1.807, 2.05) is 0 Å². The summed E-state index contributed by atoms with van der Waals surface area (Å²) in [6.45, 7) is 2.06. The molecule has 0 saturated heterocycles. The number of thioether (sulfide) groups is 1. The van der Waals surface area contributed by atoms with Crippen LogP contribution in [-0.4, -0.2) is 25.7 Å². The van der Waals surface area contributed by atoms with Crippen LogP contribution in [0.25, 0.3) is 0 Å². The van der Waals surface area contributed by atoms with Crippen LogP contribution in [-0.2, 0) is 9.84 Å². The van der Waals surface area contributed by atoms with E-state index in [2.05, 4.69) is 22.9 Å². The van der Waals surface area contributed by atoms with E-state index in [0.29, 0.717) is 12.1 Å². The van der Waals surface area contributed by atoms with Crippen molar-refractivity contribution < 1.29 is 8.42 Å². The summed E-state index contributed by atoms with van der Waals surface area (Å²) in [5.74, 6) is 2.04. The van der Waals surface area contributed by atoms with Gasteiger partial charge in [0.2, 0.25) is 0 Å². The number of halogens is 1. The minimum atomic E-state index is -3.25. The first-order chi connectivity index (χ1) is 7.97. The van der Waals surface area contributed by atoms with Crippen LogP contribution in [0.2, 0.25) is 0 Å². The molecule has 0 spiro atoms. The van der Waals surface area contributed by atoms with Crippen LogP contribution < -0.4 is 5.73 Å². The van der Waals surface area contributed by atoms with E-state index < -0.39 is 9.84 Å². The number of anilines is 1. The summed E-state index contributed by atoms with van der Waals surface area (Å²) in [6, 6.07) is 4.87. The van der Waals surface area contributed by atoms with Crippen LogP contribution in [0, 0.1) is 0 Å². The molecule has 0 unspecified atom stereocenters. The average Bonchev–Trinajstić information content (AvgIpc) is 2.24. The first-order valence-corrected chi connectivity index (χ1v) is 8.93. The number of hydrogen-bond donors (Lipinski definition) is 1. The van der Waals surface area contributed by atoms with Gasteiger partial charge < -0.3 is 5.73 Å². The molecule has 3 nitrogen and oxygen atoms in total. The fourth-order valence-corrected chi connectivity index (χ4v) is 4.04. The van der Waals surface area contributed by atoms with E-state index in [4.69, 9.17) is 5.73 Å². The second-order valence-corrected chi connectivity index (χ2v) is 7.94. The third kappa shape index (κ3) is 4.52. The molecule has 0 aromatic heterocycles. The molecular weight excluding hydrogens is 322 g/mol. The third-order valence-corrected chi connectivity index (χ3v) is 5.56. The Morgan fingerprint density at radius 1 is 1.41 bits per heavy atom. The number of hydrogen-bond acceptors (Lipinski definition) is 4. The molecule has 0 radical (unpaired) electrons. The van der Waals surface area contributed by atoms with Crippen molar-refractivity contribution in [3.8, 4) is 0 Å². The highest BCUT2D eigenvalue weighted by molar-refractivity contribution is 9.10. The summed E-state index contributed by atoms with van der Waals surface area (Å²) >= 11 is 5.01. The Bertz CT molecular complexity index is 474. The van der Waals surface area contributed by atoms with Gasteiger partial charge in [0, 0.05) is 4.47 Å². The Balaban J connectivity index is 2.76. The molecule has 2 N–H and O–H groups in total. The molecule has 1 aromatic rings. The van der Waals surface area contributed by atoms with Gasteiger partial charge in [0.1, 0.15) is 0 Å². The van der Waals surface area contributed by atoms with Crippen LogP contribution >= 0.6 is 27.7 Å². The predicted molar refractivity (Wildman–Crippen MR) is 78.2 cm³/mol. The Morgan fingerprint density at radius 2 is 2.12 bits per heavy atom. The minimum Gasteiger partial charge on any atom is -0.398 e. The Hall–Kier alpha value is -0.200. The molecule has 0 fully saturated rings. The van der Waals surface area contributed by atoms with Crippen LogP contribution in [0.5, 0.6) is 0 Å². The summed E-state index contributed by atoms with van der Waals surface area (Å²) in [5.41, 5.74) is 6.03. The highest BCUT2D eigenvalue weighted by atomic mass is 79.9. The van der Waals surface area contributed by atoms with Crippen LogP contribution in [0.1, 0.15) is 13.3 Å². The van der Waals surface area contributed by atoms with Gasteiger partial charge in [-0.05, 0) is 36.1 Å². The molecule has 0 aliphatic rings. The summed E-state index contributed by atoms with van der Waals surface area (Å²) in [7, 11) is -3.25. The molecular formula is C11H16BrNO2S2. The average molecular weight is 338 g/mol. The highest BCUT2D eigenvalue weighted by Gasteiger charge is 2.17. The Labute approximate surface area is 115 Å². The standard InChI is InChI=1S/C11H16BrNO2S2/c1-2-16-6-3-7-17(14,15)11-5-4-9(12)8-10(11)13/h4-5,8H,2-3,6-7,13H2,1H3. The molecule has 0 bridgehead atoms. The maximum Gasteiger partial charge on any atom is 0.180 e. The molecule has 1 rings (SSSR count). The molecule has 96 valence electrons. The van der Waals surface area contributed by atoms with Crippen molar-refractivity contribution in [2.45, 2.75) is 18.2 Å². The second kappa shape index (κ2) is 6.66.